The molecule has 0 spiro atoms. The lowest BCUT2D eigenvalue weighted by Crippen LogP contribution is -2.64. The number of rotatable bonds is 4. The maximum absolute atomic E-state index is 13.5. The van der Waals surface area contributed by atoms with Crippen molar-refractivity contribution in [2.24, 2.45) is 5.73 Å². The minimum Gasteiger partial charge on any atom is -0.352 e. The van der Waals surface area contributed by atoms with E-state index in [4.69, 9.17) is 17.3 Å². The molecule has 1 aromatic carbocycles. The highest BCUT2D eigenvalue weighted by atomic mass is 35.5. The van der Waals surface area contributed by atoms with Crippen LogP contribution in [0.2, 0.25) is 5.02 Å². The summed E-state index contributed by atoms with van der Waals surface area (Å²) in [6, 6.07) is 6.78. The Labute approximate surface area is 195 Å². The number of halogens is 1. The number of fused-ring (bicyclic) bond motifs is 2. The molecular formula is C23H26ClN5O2S. The molecule has 2 aromatic heterocycles. The van der Waals surface area contributed by atoms with Gasteiger partial charge in [-0.1, -0.05) is 24.4 Å². The fraction of sp³-hybridized carbons (Fsp3) is 0.435. The van der Waals surface area contributed by atoms with Crippen molar-refractivity contribution in [2.45, 2.75) is 50.2 Å². The van der Waals surface area contributed by atoms with Crippen LogP contribution in [-0.4, -0.2) is 51.7 Å². The molecule has 2 aliphatic rings. The van der Waals surface area contributed by atoms with Crippen LogP contribution in [-0.2, 0) is 13.0 Å². The number of hydrogen-bond donors (Lipinski definition) is 3. The molecule has 0 saturated heterocycles. The fourth-order valence-electron chi connectivity index (χ4n) is 4.79. The second-order valence-corrected chi connectivity index (χ2v) is 10.5. The Morgan fingerprint density at radius 1 is 1.34 bits per heavy atom. The Balaban J connectivity index is 1.39. The third-order valence-corrected chi connectivity index (χ3v) is 8.01. The van der Waals surface area contributed by atoms with E-state index in [-0.39, 0.29) is 11.7 Å². The number of aromatic amines is 1. The highest BCUT2D eigenvalue weighted by Crippen LogP contribution is 2.32. The van der Waals surface area contributed by atoms with E-state index in [1.807, 2.05) is 12.1 Å². The molecule has 2 atom stereocenters. The van der Waals surface area contributed by atoms with Crippen LogP contribution in [0.1, 0.15) is 56.5 Å². The monoisotopic (exact) mass is 471 g/mol. The lowest BCUT2D eigenvalue weighted by molar-refractivity contribution is 0.0755. The van der Waals surface area contributed by atoms with E-state index in [2.05, 4.69) is 27.2 Å². The number of ketones is 1. The summed E-state index contributed by atoms with van der Waals surface area (Å²) in [6.45, 7) is 1.72. The van der Waals surface area contributed by atoms with Gasteiger partial charge in [-0.2, -0.15) is 0 Å². The van der Waals surface area contributed by atoms with Crippen LogP contribution in [0.4, 0.5) is 0 Å². The SMILES string of the molecule is CN1CCc2sc(C(=O)NC3CCCCC3(N)C(=O)c3cc4cc(Cl)ccc4[nH]3)nc2C1. The van der Waals surface area contributed by atoms with Gasteiger partial charge in [0.15, 0.2) is 5.01 Å². The van der Waals surface area contributed by atoms with Crippen LogP contribution in [0.25, 0.3) is 10.9 Å². The minimum atomic E-state index is -1.17. The van der Waals surface area contributed by atoms with Gasteiger partial charge in [-0.25, -0.2) is 4.98 Å². The fourth-order valence-corrected chi connectivity index (χ4v) is 5.94. The highest BCUT2D eigenvalue weighted by molar-refractivity contribution is 7.13. The molecule has 1 fully saturated rings. The van der Waals surface area contributed by atoms with E-state index >= 15 is 0 Å². The second kappa shape index (κ2) is 8.26. The Morgan fingerprint density at radius 3 is 3.03 bits per heavy atom. The third kappa shape index (κ3) is 3.85. The molecule has 0 bridgehead atoms. The number of likely N-dealkylation sites (N-methyl/N-ethyl adjacent to an activating group) is 1. The van der Waals surface area contributed by atoms with E-state index in [1.165, 1.54) is 16.2 Å². The van der Waals surface area contributed by atoms with E-state index in [0.717, 1.165) is 48.9 Å². The quantitative estimate of drug-likeness (QED) is 0.505. The van der Waals surface area contributed by atoms with Crippen molar-refractivity contribution in [3.8, 4) is 0 Å². The van der Waals surface area contributed by atoms with Crippen LogP contribution < -0.4 is 11.1 Å². The third-order valence-electron chi connectivity index (χ3n) is 6.62. The highest BCUT2D eigenvalue weighted by Gasteiger charge is 2.45. The number of Topliss-reactive ketones (excluding diaryl/α,β-unsaturated/α-hetero) is 1. The maximum atomic E-state index is 13.5. The van der Waals surface area contributed by atoms with Crippen LogP contribution in [0, 0.1) is 0 Å². The topological polar surface area (TPSA) is 104 Å². The van der Waals surface area contributed by atoms with Gasteiger partial charge < -0.3 is 20.9 Å². The molecule has 1 aliphatic heterocycles. The van der Waals surface area contributed by atoms with Crippen molar-refractivity contribution in [2.75, 3.05) is 13.6 Å². The predicted molar refractivity (Wildman–Crippen MR) is 126 cm³/mol. The zero-order chi connectivity index (χ0) is 22.5. The average molecular weight is 472 g/mol. The Hall–Kier alpha value is -2.26. The Bertz CT molecular complexity index is 1200. The number of benzene rings is 1. The zero-order valence-electron chi connectivity index (χ0n) is 17.9. The number of thiazole rings is 1. The largest absolute Gasteiger partial charge is 0.352 e. The first-order valence-electron chi connectivity index (χ1n) is 10.9. The van der Waals surface area contributed by atoms with E-state index < -0.39 is 11.6 Å². The number of aromatic nitrogens is 2. The van der Waals surface area contributed by atoms with Gasteiger partial charge in [-0.3, -0.25) is 9.59 Å². The second-order valence-electron chi connectivity index (χ2n) is 8.93. The van der Waals surface area contributed by atoms with E-state index in [9.17, 15) is 9.59 Å². The minimum absolute atomic E-state index is 0.185. The summed E-state index contributed by atoms with van der Waals surface area (Å²) in [5.74, 6) is -0.431. The Morgan fingerprint density at radius 2 is 2.19 bits per heavy atom. The number of amides is 1. The number of H-pyrrole nitrogens is 1. The van der Waals surface area contributed by atoms with Crippen molar-refractivity contribution in [3.05, 3.63) is 50.6 Å². The van der Waals surface area contributed by atoms with Gasteiger partial charge in [0.2, 0.25) is 5.78 Å². The molecular weight excluding hydrogens is 446 g/mol. The molecule has 3 heterocycles. The smallest absolute Gasteiger partial charge is 0.280 e. The number of nitrogens with zero attached hydrogens (tertiary/aromatic N) is 2. The van der Waals surface area contributed by atoms with E-state index in [1.54, 1.807) is 12.1 Å². The normalized spacial score (nSPS) is 23.8. The molecule has 1 amide bonds. The first kappa shape index (κ1) is 21.6. The molecule has 9 heteroatoms. The van der Waals surface area contributed by atoms with Crippen molar-refractivity contribution in [1.82, 2.24) is 20.2 Å². The van der Waals surface area contributed by atoms with Gasteiger partial charge in [0.25, 0.3) is 5.91 Å². The summed E-state index contributed by atoms with van der Waals surface area (Å²) >= 11 is 7.54. The molecule has 32 heavy (non-hydrogen) atoms. The number of carbonyl (C=O) groups excluding carboxylic acids is 2. The zero-order valence-corrected chi connectivity index (χ0v) is 19.5. The summed E-state index contributed by atoms with van der Waals surface area (Å²) in [7, 11) is 2.05. The van der Waals surface area contributed by atoms with Gasteiger partial charge in [0, 0.05) is 33.9 Å². The lowest BCUT2D eigenvalue weighted by atomic mass is 9.74. The molecule has 2 unspecified atom stereocenters. The summed E-state index contributed by atoms with van der Waals surface area (Å²) in [6.07, 6.45) is 3.85. The summed E-state index contributed by atoms with van der Waals surface area (Å²) in [5, 5.41) is 4.97. The molecule has 168 valence electrons. The molecule has 1 saturated carbocycles. The molecule has 7 nitrogen and oxygen atoms in total. The molecule has 1 aliphatic carbocycles. The van der Waals surface area contributed by atoms with Gasteiger partial charge in [-0.05, 0) is 50.6 Å². The van der Waals surface area contributed by atoms with Crippen LogP contribution in [0.15, 0.2) is 24.3 Å². The van der Waals surface area contributed by atoms with Gasteiger partial charge in [-0.15, -0.1) is 11.3 Å². The summed E-state index contributed by atoms with van der Waals surface area (Å²) in [4.78, 5) is 37.7. The number of nitrogens with two attached hydrogens (primary N) is 1. The molecule has 5 rings (SSSR count). The van der Waals surface area contributed by atoms with Crippen LogP contribution in [0.3, 0.4) is 0 Å². The van der Waals surface area contributed by atoms with Gasteiger partial charge in [0.1, 0.15) is 5.54 Å². The van der Waals surface area contributed by atoms with Crippen LogP contribution in [0.5, 0.6) is 0 Å². The first-order valence-corrected chi connectivity index (χ1v) is 12.1. The first-order chi connectivity index (χ1) is 15.3. The van der Waals surface area contributed by atoms with Gasteiger partial charge >= 0.3 is 0 Å². The summed E-state index contributed by atoms with van der Waals surface area (Å²) < 4.78 is 0. The van der Waals surface area contributed by atoms with Crippen molar-refractivity contribution in [3.63, 3.8) is 0 Å². The maximum Gasteiger partial charge on any atom is 0.280 e. The molecule has 4 N–H and O–H groups in total. The predicted octanol–water partition coefficient (Wildman–Crippen LogP) is 3.52. The molecule has 0 radical (unpaired) electrons. The van der Waals surface area contributed by atoms with E-state index in [0.29, 0.717) is 28.6 Å². The standard InChI is InChI=1S/C23H26ClN5O2S/c1-29-9-7-18-17(12-29)27-22(32-18)21(31)28-19-4-2-3-8-23(19,25)20(30)16-11-13-10-14(24)5-6-15(13)26-16/h5-6,10-11,19,26H,2-4,7-9,12,25H2,1H3,(H,28,31). The van der Waals surface area contributed by atoms with Crippen molar-refractivity contribution in [1.29, 1.82) is 0 Å². The Kier molecular flexibility index (Phi) is 5.57. The molecule has 3 aromatic rings. The van der Waals surface area contributed by atoms with Gasteiger partial charge in [0.05, 0.1) is 17.4 Å². The van der Waals surface area contributed by atoms with Crippen LogP contribution >= 0.6 is 22.9 Å². The number of hydrogen-bond acceptors (Lipinski definition) is 6. The van der Waals surface area contributed by atoms with Crippen molar-refractivity contribution < 1.29 is 9.59 Å². The summed E-state index contributed by atoms with van der Waals surface area (Å²) in [5.41, 5.74) is 7.82. The average Bonchev–Trinajstić information content (AvgIpc) is 3.38. The number of carbonyl (C=O) groups is 2. The number of nitrogens with one attached hydrogen (secondary N) is 2. The lowest BCUT2D eigenvalue weighted by Gasteiger charge is -2.39. The van der Waals surface area contributed by atoms with Crippen molar-refractivity contribution >= 4 is 45.5 Å².